The lowest BCUT2D eigenvalue weighted by atomic mass is 9.81. The molecule has 0 saturated carbocycles. The van der Waals surface area contributed by atoms with Gasteiger partial charge in [-0.2, -0.15) is 0 Å². The maximum atomic E-state index is 13.3. The highest BCUT2D eigenvalue weighted by Crippen LogP contribution is 2.32. The number of nitrogens with zero attached hydrogens (tertiary/aromatic N) is 1. The summed E-state index contributed by atoms with van der Waals surface area (Å²) in [5.74, 6) is -2.78. The van der Waals surface area contributed by atoms with Gasteiger partial charge < -0.3 is 10.0 Å². The third-order valence-corrected chi connectivity index (χ3v) is 4.78. The van der Waals surface area contributed by atoms with Crippen molar-refractivity contribution < 1.29 is 13.9 Å². The Morgan fingerprint density at radius 3 is 2.05 bits per heavy atom. The summed E-state index contributed by atoms with van der Waals surface area (Å²) in [5.41, 5.74) is 1.12. The van der Waals surface area contributed by atoms with E-state index >= 15 is 0 Å². The van der Waals surface area contributed by atoms with E-state index in [4.69, 9.17) is 0 Å². The number of halogens is 2. The molecule has 4 heteroatoms. The smallest absolute Gasteiger partial charge is 0.270 e. The molecule has 1 aliphatic heterocycles. The molecular weight excluding hydrogens is 284 g/mol. The summed E-state index contributed by atoms with van der Waals surface area (Å²) in [6.07, 6.45) is 2.53. The zero-order chi connectivity index (χ0) is 16.4. The normalized spacial score (nSPS) is 18.6. The zero-order valence-electron chi connectivity index (χ0n) is 13.8. The first-order chi connectivity index (χ1) is 10.2. The molecule has 1 saturated heterocycles. The molecule has 0 atom stereocenters. The number of hydrogen-bond acceptors (Lipinski definition) is 2. The Labute approximate surface area is 132 Å². The molecule has 1 fully saturated rings. The Hall–Kier alpha value is -1.00. The minimum Gasteiger partial charge on any atom is -0.393 e. The number of aliphatic hydroxyl groups excluding tert-OH is 1. The Bertz CT molecular complexity index is 471. The molecule has 1 aromatic rings. The van der Waals surface area contributed by atoms with Crippen LogP contribution in [0, 0.1) is 0 Å². The average molecular weight is 311 g/mol. The van der Waals surface area contributed by atoms with E-state index in [1.54, 1.807) is 0 Å². The van der Waals surface area contributed by atoms with Crippen molar-refractivity contribution in [2.45, 2.75) is 57.5 Å². The highest BCUT2D eigenvalue weighted by atomic mass is 19.3. The second-order valence-corrected chi connectivity index (χ2v) is 7.17. The molecule has 0 bridgehead atoms. The highest BCUT2D eigenvalue weighted by molar-refractivity contribution is 5.30. The largest absolute Gasteiger partial charge is 0.393 e. The third-order valence-electron chi connectivity index (χ3n) is 4.78. The molecule has 124 valence electrons. The predicted molar refractivity (Wildman–Crippen MR) is 85.3 cm³/mol. The van der Waals surface area contributed by atoms with E-state index in [2.05, 4.69) is 18.7 Å². The number of rotatable bonds is 5. The fourth-order valence-electron chi connectivity index (χ4n) is 2.94. The molecular formula is C18H27F2NO. The second kappa shape index (κ2) is 6.63. The predicted octanol–water partition coefficient (Wildman–Crippen LogP) is 3.92. The molecule has 1 aliphatic rings. The maximum Gasteiger partial charge on any atom is 0.270 e. The van der Waals surface area contributed by atoms with Crippen molar-refractivity contribution >= 4 is 0 Å². The molecule has 2 rings (SSSR count). The Balaban J connectivity index is 1.95. The van der Waals surface area contributed by atoms with Crippen LogP contribution in [0.3, 0.4) is 0 Å². The number of hydrogen-bond donors (Lipinski definition) is 1. The second-order valence-electron chi connectivity index (χ2n) is 7.17. The van der Waals surface area contributed by atoms with Crippen LogP contribution in [-0.4, -0.2) is 35.7 Å². The van der Waals surface area contributed by atoms with E-state index in [9.17, 15) is 13.9 Å². The van der Waals surface area contributed by atoms with Gasteiger partial charge in [0.1, 0.15) is 0 Å². The summed E-state index contributed by atoms with van der Waals surface area (Å²) < 4.78 is 26.6. The van der Waals surface area contributed by atoms with Crippen LogP contribution < -0.4 is 0 Å². The molecule has 0 aromatic heterocycles. The molecule has 0 amide bonds. The third kappa shape index (κ3) is 4.50. The van der Waals surface area contributed by atoms with E-state index in [1.165, 1.54) is 12.1 Å². The van der Waals surface area contributed by atoms with Crippen molar-refractivity contribution in [2.75, 3.05) is 19.6 Å². The van der Waals surface area contributed by atoms with Gasteiger partial charge in [0.2, 0.25) is 0 Å². The molecule has 1 N–H and O–H groups in total. The van der Waals surface area contributed by atoms with Crippen LogP contribution in [0.5, 0.6) is 0 Å². The van der Waals surface area contributed by atoms with E-state index < -0.39 is 5.92 Å². The van der Waals surface area contributed by atoms with Gasteiger partial charge in [0.25, 0.3) is 5.92 Å². The Morgan fingerprint density at radius 2 is 1.55 bits per heavy atom. The number of benzene rings is 1. The zero-order valence-corrected chi connectivity index (χ0v) is 13.8. The van der Waals surface area contributed by atoms with Gasteiger partial charge in [0.05, 0.1) is 6.10 Å². The molecule has 0 radical (unpaired) electrons. The fraction of sp³-hybridized carbons (Fsp3) is 0.667. The van der Waals surface area contributed by atoms with Gasteiger partial charge in [-0.25, -0.2) is 8.78 Å². The molecule has 1 aromatic carbocycles. The van der Waals surface area contributed by atoms with Crippen molar-refractivity contribution in [3.8, 4) is 0 Å². The monoisotopic (exact) mass is 311 g/mol. The van der Waals surface area contributed by atoms with Crippen molar-refractivity contribution in [3.63, 3.8) is 0 Å². The highest BCUT2D eigenvalue weighted by Gasteiger charge is 2.27. The lowest BCUT2D eigenvalue weighted by molar-refractivity contribution is 0.0174. The topological polar surface area (TPSA) is 23.5 Å². The van der Waals surface area contributed by atoms with Gasteiger partial charge in [0.15, 0.2) is 0 Å². The maximum absolute atomic E-state index is 13.3. The van der Waals surface area contributed by atoms with Crippen molar-refractivity contribution in [1.82, 2.24) is 4.90 Å². The van der Waals surface area contributed by atoms with E-state index in [0.29, 0.717) is 0 Å². The minimum atomic E-state index is -2.78. The Kier molecular flexibility index (Phi) is 5.23. The Morgan fingerprint density at radius 1 is 1.05 bits per heavy atom. The minimum absolute atomic E-state index is 0.0440. The van der Waals surface area contributed by atoms with Gasteiger partial charge >= 0.3 is 0 Å². The van der Waals surface area contributed by atoms with Crippen molar-refractivity contribution in [1.29, 1.82) is 0 Å². The first-order valence-electron chi connectivity index (χ1n) is 8.08. The van der Waals surface area contributed by atoms with Crippen LogP contribution in [0.15, 0.2) is 24.3 Å². The standard InChI is InChI=1S/C18H27F2NO/c1-17(2,10-13-21-11-8-16(22)9-12-21)14-4-6-15(7-5-14)18(3,19)20/h4-7,16,22H,8-13H2,1-3H3. The van der Waals surface area contributed by atoms with Gasteiger partial charge in [-0.05, 0) is 36.8 Å². The summed E-state index contributed by atoms with van der Waals surface area (Å²) in [7, 11) is 0. The first-order valence-corrected chi connectivity index (χ1v) is 8.08. The van der Waals surface area contributed by atoms with E-state index in [0.717, 1.165) is 51.4 Å². The number of alkyl halides is 2. The van der Waals surface area contributed by atoms with Gasteiger partial charge in [-0.1, -0.05) is 38.1 Å². The van der Waals surface area contributed by atoms with Gasteiger partial charge in [-0.15, -0.1) is 0 Å². The van der Waals surface area contributed by atoms with Crippen LogP contribution >= 0.6 is 0 Å². The molecule has 2 nitrogen and oxygen atoms in total. The number of aliphatic hydroxyl groups is 1. The van der Waals surface area contributed by atoms with E-state index in [-0.39, 0.29) is 17.1 Å². The van der Waals surface area contributed by atoms with Gasteiger partial charge in [0, 0.05) is 25.6 Å². The summed E-state index contributed by atoms with van der Waals surface area (Å²) in [6, 6.07) is 6.72. The summed E-state index contributed by atoms with van der Waals surface area (Å²) in [6.45, 7) is 8.11. The molecule has 1 heterocycles. The summed E-state index contributed by atoms with van der Waals surface area (Å²) in [5, 5.41) is 9.54. The fourth-order valence-corrected chi connectivity index (χ4v) is 2.94. The van der Waals surface area contributed by atoms with Crippen molar-refractivity contribution in [2.24, 2.45) is 0 Å². The summed E-state index contributed by atoms with van der Waals surface area (Å²) in [4.78, 5) is 2.38. The number of piperidine rings is 1. The molecule has 0 aliphatic carbocycles. The molecule has 0 spiro atoms. The number of likely N-dealkylation sites (tertiary alicyclic amines) is 1. The molecule has 22 heavy (non-hydrogen) atoms. The van der Waals surface area contributed by atoms with Crippen LogP contribution in [0.1, 0.15) is 51.2 Å². The average Bonchev–Trinajstić information content (AvgIpc) is 2.46. The molecule has 0 unspecified atom stereocenters. The quantitative estimate of drug-likeness (QED) is 0.891. The van der Waals surface area contributed by atoms with E-state index in [1.807, 2.05) is 12.1 Å². The van der Waals surface area contributed by atoms with Crippen LogP contribution in [0.2, 0.25) is 0 Å². The van der Waals surface area contributed by atoms with Crippen LogP contribution in [-0.2, 0) is 11.3 Å². The first kappa shape index (κ1) is 17.4. The lowest BCUT2D eigenvalue weighted by Crippen LogP contribution is -2.38. The van der Waals surface area contributed by atoms with Crippen molar-refractivity contribution in [3.05, 3.63) is 35.4 Å². The summed E-state index contributed by atoms with van der Waals surface area (Å²) >= 11 is 0. The van der Waals surface area contributed by atoms with Gasteiger partial charge in [-0.3, -0.25) is 0 Å². The van der Waals surface area contributed by atoms with Crippen LogP contribution in [0.25, 0.3) is 0 Å². The lowest BCUT2D eigenvalue weighted by Gasteiger charge is -2.33. The SMILES string of the molecule is CC(F)(F)c1ccc(C(C)(C)CCN2CCC(O)CC2)cc1. The van der Waals surface area contributed by atoms with Crippen LogP contribution in [0.4, 0.5) is 8.78 Å².